The van der Waals surface area contributed by atoms with Crippen LogP contribution < -0.4 is 5.32 Å². The van der Waals surface area contributed by atoms with Gasteiger partial charge in [-0.3, -0.25) is 0 Å². The number of methoxy groups -OCH3 is 1. The monoisotopic (exact) mass is 187 g/mol. The van der Waals surface area contributed by atoms with Gasteiger partial charge in [-0.2, -0.15) is 0 Å². The van der Waals surface area contributed by atoms with Gasteiger partial charge in [0.1, 0.15) is 0 Å². The summed E-state index contributed by atoms with van der Waals surface area (Å²) < 4.78 is 5.04. The second-order valence-corrected chi connectivity index (χ2v) is 3.89. The minimum atomic E-state index is 0.576. The predicted octanol–water partition coefficient (Wildman–Crippen LogP) is 2.58. The molecular weight excluding hydrogens is 162 g/mol. The fourth-order valence-electron chi connectivity index (χ4n) is 1.46. The van der Waals surface area contributed by atoms with Crippen molar-refractivity contribution in [3.8, 4) is 0 Å². The molecule has 80 valence electrons. The Morgan fingerprint density at radius 1 is 1.15 bits per heavy atom. The zero-order valence-electron chi connectivity index (χ0n) is 9.60. The Balaban J connectivity index is 3.35. The first kappa shape index (κ1) is 12.9. The van der Waals surface area contributed by atoms with E-state index in [9.17, 15) is 0 Å². The molecule has 0 aromatic heterocycles. The summed E-state index contributed by atoms with van der Waals surface area (Å²) in [5, 5.41) is 3.57. The number of ether oxygens (including phenoxy) is 1. The SMILES string of the molecule is CCCCC(C)NC(C)CCOC. The van der Waals surface area contributed by atoms with Crippen LogP contribution in [-0.4, -0.2) is 25.8 Å². The molecule has 0 bridgehead atoms. The first-order valence-electron chi connectivity index (χ1n) is 5.45. The predicted molar refractivity (Wildman–Crippen MR) is 58.1 cm³/mol. The number of nitrogens with one attached hydrogen (secondary N) is 1. The fraction of sp³-hybridized carbons (Fsp3) is 1.00. The summed E-state index contributed by atoms with van der Waals surface area (Å²) in [6, 6.07) is 1.22. The number of hydrogen-bond donors (Lipinski definition) is 1. The van der Waals surface area contributed by atoms with Crippen molar-refractivity contribution in [3.63, 3.8) is 0 Å². The maximum absolute atomic E-state index is 5.04. The molecule has 13 heavy (non-hydrogen) atoms. The quantitative estimate of drug-likeness (QED) is 0.630. The summed E-state index contributed by atoms with van der Waals surface area (Å²) in [6.07, 6.45) is 5.00. The smallest absolute Gasteiger partial charge is 0.0476 e. The highest BCUT2D eigenvalue weighted by molar-refractivity contribution is 4.66. The van der Waals surface area contributed by atoms with Crippen molar-refractivity contribution in [1.29, 1.82) is 0 Å². The zero-order valence-corrected chi connectivity index (χ0v) is 9.60. The van der Waals surface area contributed by atoms with Crippen LogP contribution in [0.25, 0.3) is 0 Å². The van der Waals surface area contributed by atoms with Gasteiger partial charge >= 0.3 is 0 Å². The van der Waals surface area contributed by atoms with Crippen LogP contribution in [0, 0.1) is 0 Å². The van der Waals surface area contributed by atoms with Crippen molar-refractivity contribution < 1.29 is 4.74 Å². The van der Waals surface area contributed by atoms with Gasteiger partial charge in [0.05, 0.1) is 0 Å². The van der Waals surface area contributed by atoms with E-state index in [1.54, 1.807) is 7.11 Å². The first-order chi connectivity index (χ1) is 6.20. The number of rotatable bonds is 8. The van der Waals surface area contributed by atoms with Gasteiger partial charge in [-0.15, -0.1) is 0 Å². The summed E-state index contributed by atoms with van der Waals surface area (Å²) in [6.45, 7) is 7.58. The number of hydrogen-bond acceptors (Lipinski definition) is 2. The third-order valence-electron chi connectivity index (χ3n) is 2.31. The lowest BCUT2D eigenvalue weighted by atomic mass is 10.1. The van der Waals surface area contributed by atoms with Crippen LogP contribution in [0.15, 0.2) is 0 Å². The molecule has 0 rings (SSSR count). The number of unbranched alkanes of at least 4 members (excludes halogenated alkanes) is 1. The van der Waals surface area contributed by atoms with E-state index >= 15 is 0 Å². The second kappa shape index (κ2) is 8.52. The Bertz CT molecular complexity index is 94.3. The van der Waals surface area contributed by atoms with E-state index in [4.69, 9.17) is 4.74 Å². The lowest BCUT2D eigenvalue weighted by molar-refractivity contribution is 0.182. The van der Waals surface area contributed by atoms with Gasteiger partial charge in [0.15, 0.2) is 0 Å². The molecule has 0 amide bonds. The van der Waals surface area contributed by atoms with Crippen molar-refractivity contribution in [2.75, 3.05) is 13.7 Å². The van der Waals surface area contributed by atoms with E-state index in [1.165, 1.54) is 19.3 Å². The molecule has 0 saturated heterocycles. The molecule has 0 aliphatic rings. The molecule has 0 aromatic rings. The van der Waals surface area contributed by atoms with Gasteiger partial charge < -0.3 is 10.1 Å². The molecule has 2 nitrogen and oxygen atoms in total. The van der Waals surface area contributed by atoms with E-state index in [1.807, 2.05) is 0 Å². The maximum Gasteiger partial charge on any atom is 0.0476 e. The summed E-state index contributed by atoms with van der Waals surface area (Å²) in [4.78, 5) is 0. The third-order valence-corrected chi connectivity index (χ3v) is 2.31. The molecule has 0 aliphatic heterocycles. The molecule has 0 aliphatic carbocycles. The average molecular weight is 187 g/mol. The van der Waals surface area contributed by atoms with E-state index in [-0.39, 0.29) is 0 Å². The van der Waals surface area contributed by atoms with Gasteiger partial charge in [0.25, 0.3) is 0 Å². The van der Waals surface area contributed by atoms with Crippen molar-refractivity contribution in [1.82, 2.24) is 5.32 Å². The van der Waals surface area contributed by atoms with E-state index in [2.05, 4.69) is 26.1 Å². The van der Waals surface area contributed by atoms with Crippen LogP contribution in [0.1, 0.15) is 46.5 Å². The molecule has 0 heterocycles. The molecule has 0 spiro atoms. The Kier molecular flexibility index (Phi) is 8.46. The van der Waals surface area contributed by atoms with Crippen LogP contribution >= 0.6 is 0 Å². The Morgan fingerprint density at radius 2 is 1.77 bits per heavy atom. The van der Waals surface area contributed by atoms with Crippen molar-refractivity contribution >= 4 is 0 Å². The van der Waals surface area contributed by atoms with Crippen molar-refractivity contribution in [3.05, 3.63) is 0 Å². The lowest BCUT2D eigenvalue weighted by Crippen LogP contribution is -2.35. The Morgan fingerprint density at radius 3 is 2.31 bits per heavy atom. The van der Waals surface area contributed by atoms with Crippen LogP contribution in [0.2, 0.25) is 0 Å². The van der Waals surface area contributed by atoms with Gasteiger partial charge in [-0.1, -0.05) is 19.8 Å². The van der Waals surface area contributed by atoms with Crippen LogP contribution in [-0.2, 0) is 4.74 Å². The molecule has 2 heteroatoms. The summed E-state index contributed by atoms with van der Waals surface area (Å²) >= 11 is 0. The van der Waals surface area contributed by atoms with E-state index < -0.39 is 0 Å². The molecule has 2 atom stereocenters. The summed E-state index contributed by atoms with van der Waals surface area (Å²) in [5.74, 6) is 0. The normalized spacial score (nSPS) is 15.7. The Labute approximate surface area is 83.1 Å². The minimum Gasteiger partial charge on any atom is -0.385 e. The Hall–Kier alpha value is -0.0800. The maximum atomic E-state index is 5.04. The van der Waals surface area contributed by atoms with Crippen LogP contribution in [0.4, 0.5) is 0 Å². The zero-order chi connectivity index (χ0) is 10.1. The second-order valence-electron chi connectivity index (χ2n) is 3.89. The highest BCUT2D eigenvalue weighted by atomic mass is 16.5. The van der Waals surface area contributed by atoms with E-state index in [0.29, 0.717) is 12.1 Å². The van der Waals surface area contributed by atoms with Crippen molar-refractivity contribution in [2.24, 2.45) is 0 Å². The minimum absolute atomic E-state index is 0.576. The molecular formula is C11H25NO. The highest BCUT2D eigenvalue weighted by Crippen LogP contribution is 2.02. The standard InChI is InChI=1S/C11H25NO/c1-5-6-7-10(2)12-11(3)8-9-13-4/h10-12H,5-9H2,1-4H3. The molecule has 2 unspecified atom stereocenters. The molecule has 1 N–H and O–H groups in total. The van der Waals surface area contributed by atoms with Gasteiger partial charge in [0, 0.05) is 25.8 Å². The van der Waals surface area contributed by atoms with Crippen LogP contribution in [0.5, 0.6) is 0 Å². The molecule has 0 radical (unpaired) electrons. The van der Waals surface area contributed by atoms with Gasteiger partial charge in [-0.05, 0) is 26.7 Å². The van der Waals surface area contributed by atoms with Gasteiger partial charge in [-0.25, -0.2) is 0 Å². The fourth-order valence-corrected chi connectivity index (χ4v) is 1.46. The molecule has 0 saturated carbocycles. The summed E-state index contributed by atoms with van der Waals surface area (Å²) in [7, 11) is 1.76. The largest absolute Gasteiger partial charge is 0.385 e. The third kappa shape index (κ3) is 8.26. The first-order valence-corrected chi connectivity index (χ1v) is 5.45. The summed E-state index contributed by atoms with van der Waals surface area (Å²) in [5.41, 5.74) is 0. The topological polar surface area (TPSA) is 21.3 Å². The van der Waals surface area contributed by atoms with Crippen molar-refractivity contribution in [2.45, 2.75) is 58.5 Å². The average Bonchev–Trinajstić information content (AvgIpc) is 2.11. The van der Waals surface area contributed by atoms with Gasteiger partial charge in [0.2, 0.25) is 0 Å². The molecule has 0 fully saturated rings. The van der Waals surface area contributed by atoms with Crippen LogP contribution in [0.3, 0.4) is 0 Å². The van der Waals surface area contributed by atoms with E-state index in [0.717, 1.165) is 13.0 Å². The highest BCUT2D eigenvalue weighted by Gasteiger charge is 2.05. The molecule has 0 aromatic carbocycles. The lowest BCUT2D eigenvalue weighted by Gasteiger charge is -2.19.